The quantitative estimate of drug-likeness (QED) is 0.808. The average molecular weight is 260 g/mol. The van der Waals surface area contributed by atoms with Crippen LogP contribution in [-0.2, 0) is 10.0 Å². The van der Waals surface area contributed by atoms with Crippen LogP contribution in [0.4, 0.5) is 4.39 Å². The number of hydrogen-bond donors (Lipinski definition) is 2. The molecule has 0 spiro atoms. The van der Waals surface area contributed by atoms with E-state index in [0.717, 1.165) is 6.07 Å². The lowest BCUT2D eigenvalue weighted by molar-refractivity contribution is 0.520. The maximum absolute atomic E-state index is 13.0. The molecular weight excluding hydrogens is 243 g/mol. The molecule has 0 amide bonds. The van der Waals surface area contributed by atoms with Gasteiger partial charge in [-0.2, -0.15) is 0 Å². The van der Waals surface area contributed by atoms with E-state index < -0.39 is 15.8 Å². The van der Waals surface area contributed by atoms with Crippen molar-refractivity contribution in [1.82, 2.24) is 4.72 Å². The molecule has 0 saturated carbocycles. The number of nitrogens with one attached hydrogen (secondary N) is 1. The lowest BCUT2D eigenvalue weighted by Gasteiger charge is -2.16. The van der Waals surface area contributed by atoms with Crippen molar-refractivity contribution in [2.45, 2.75) is 30.7 Å². The predicted molar refractivity (Wildman–Crippen MR) is 64.5 cm³/mol. The number of sulfonamides is 1. The Morgan fingerprint density at radius 2 is 2.18 bits per heavy atom. The Morgan fingerprint density at radius 1 is 1.47 bits per heavy atom. The summed E-state index contributed by atoms with van der Waals surface area (Å²) in [7, 11) is -3.66. The molecule has 1 aromatic rings. The van der Waals surface area contributed by atoms with Gasteiger partial charge in [-0.15, -0.1) is 0 Å². The van der Waals surface area contributed by atoms with Crippen LogP contribution in [0.1, 0.15) is 19.8 Å². The van der Waals surface area contributed by atoms with Crippen LogP contribution in [0.3, 0.4) is 0 Å². The Kier molecular flexibility index (Phi) is 5.04. The number of rotatable bonds is 6. The summed E-state index contributed by atoms with van der Waals surface area (Å²) in [6.07, 6.45) is 1.21. The lowest BCUT2D eigenvalue weighted by Crippen LogP contribution is -2.35. The van der Waals surface area contributed by atoms with Crippen molar-refractivity contribution in [3.05, 3.63) is 30.1 Å². The van der Waals surface area contributed by atoms with Crippen molar-refractivity contribution in [1.29, 1.82) is 0 Å². The van der Waals surface area contributed by atoms with E-state index in [2.05, 4.69) is 4.72 Å². The van der Waals surface area contributed by atoms with Gasteiger partial charge in [0.15, 0.2) is 0 Å². The fraction of sp³-hybridized carbons (Fsp3) is 0.455. The monoisotopic (exact) mass is 260 g/mol. The first kappa shape index (κ1) is 14.1. The summed E-state index contributed by atoms with van der Waals surface area (Å²) < 4.78 is 39.3. The van der Waals surface area contributed by atoms with Gasteiger partial charge in [0.2, 0.25) is 10.0 Å². The van der Waals surface area contributed by atoms with E-state index in [-0.39, 0.29) is 10.9 Å². The second-order valence-electron chi connectivity index (χ2n) is 3.76. The van der Waals surface area contributed by atoms with Crippen LogP contribution in [0.25, 0.3) is 0 Å². The largest absolute Gasteiger partial charge is 0.330 e. The number of hydrogen-bond acceptors (Lipinski definition) is 3. The normalized spacial score (nSPS) is 13.6. The van der Waals surface area contributed by atoms with Crippen LogP contribution in [0.15, 0.2) is 29.2 Å². The SMILES string of the molecule is CCC(CCN)NS(=O)(=O)c1cccc(F)c1. The molecule has 0 aliphatic rings. The molecule has 0 fully saturated rings. The van der Waals surface area contributed by atoms with Gasteiger partial charge in [-0.05, 0) is 37.6 Å². The van der Waals surface area contributed by atoms with E-state index in [9.17, 15) is 12.8 Å². The predicted octanol–water partition coefficient (Wildman–Crippen LogP) is 1.23. The van der Waals surface area contributed by atoms with Gasteiger partial charge in [0.05, 0.1) is 4.90 Å². The highest BCUT2D eigenvalue weighted by Gasteiger charge is 2.18. The molecule has 1 unspecified atom stereocenters. The third-order valence-electron chi connectivity index (χ3n) is 2.44. The van der Waals surface area contributed by atoms with E-state index >= 15 is 0 Å². The maximum Gasteiger partial charge on any atom is 0.240 e. The molecule has 4 nitrogen and oxygen atoms in total. The second-order valence-corrected chi connectivity index (χ2v) is 5.48. The molecule has 1 aromatic carbocycles. The van der Waals surface area contributed by atoms with Crippen molar-refractivity contribution in [2.75, 3.05) is 6.54 Å². The second kappa shape index (κ2) is 6.09. The molecule has 0 aromatic heterocycles. The number of benzene rings is 1. The first-order chi connectivity index (χ1) is 7.99. The zero-order valence-corrected chi connectivity index (χ0v) is 10.5. The molecular formula is C11H17FN2O2S. The van der Waals surface area contributed by atoms with Crippen LogP contribution in [-0.4, -0.2) is 21.0 Å². The van der Waals surface area contributed by atoms with E-state index in [1.54, 1.807) is 0 Å². The zero-order chi connectivity index (χ0) is 12.9. The lowest BCUT2D eigenvalue weighted by atomic mass is 10.2. The molecule has 0 heterocycles. The Morgan fingerprint density at radius 3 is 2.71 bits per heavy atom. The summed E-state index contributed by atoms with van der Waals surface area (Å²) in [5.41, 5.74) is 5.39. The standard InChI is InChI=1S/C11H17FN2O2S/c1-2-10(6-7-13)14-17(15,16)11-5-3-4-9(12)8-11/h3-5,8,10,14H,2,6-7,13H2,1H3. The Hall–Kier alpha value is -0.980. The third kappa shape index (κ3) is 4.07. The van der Waals surface area contributed by atoms with Gasteiger partial charge in [-0.1, -0.05) is 13.0 Å². The first-order valence-electron chi connectivity index (χ1n) is 5.47. The summed E-state index contributed by atoms with van der Waals surface area (Å²) in [4.78, 5) is -0.0621. The fourth-order valence-electron chi connectivity index (χ4n) is 1.47. The van der Waals surface area contributed by atoms with Crippen molar-refractivity contribution >= 4 is 10.0 Å². The molecule has 0 radical (unpaired) electrons. The molecule has 1 rings (SSSR count). The summed E-state index contributed by atoms with van der Waals surface area (Å²) in [6.45, 7) is 2.28. The number of halogens is 1. The van der Waals surface area contributed by atoms with Gasteiger partial charge >= 0.3 is 0 Å². The van der Waals surface area contributed by atoms with Gasteiger partial charge < -0.3 is 5.73 Å². The third-order valence-corrected chi connectivity index (χ3v) is 3.95. The summed E-state index contributed by atoms with van der Waals surface area (Å²) in [6, 6.07) is 4.72. The number of nitrogens with two attached hydrogens (primary N) is 1. The van der Waals surface area contributed by atoms with Crippen molar-refractivity contribution in [3.63, 3.8) is 0 Å². The first-order valence-corrected chi connectivity index (χ1v) is 6.96. The topological polar surface area (TPSA) is 72.2 Å². The smallest absolute Gasteiger partial charge is 0.240 e. The minimum Gasteiger partial charge on any atom is -0.330 e. The Labute approximate surface area is 101 Å². The highest BCUT2D eigenvalue weighted by atomic mass is 32.2. The minimum atomic E-state index is -3.66. The van der Waals surface area contributed by atoms with Gasteiger partial charge in [0, 0.05) is 6.04 Å². The molecule has 1 atom stereocenters. The molecule has 17 heavy (non-hydrogen) atoms. The summed E-state index contributed by atoms with van der Waals surface area (Å²) in [5, 5.41) is 0. The molecule has 0 aliphatic carbocycles. The minimum absolute atomic E-state index is 0.0621. The average Bonchev–Trinajstić information content (AvgIpc) is 2.28. The van der Waals surface area contributed by atoms with Crippen molar-refractivity contribution in [3.8, 4) is 0 Å². The van der Waals surface area contributed by atoms with Gasteiger partial charge in [0.25, 0.3) is 0 Å². The van der Waals surface area contributed by atoms with Crippen LogP contribution in [0.5, 0.6) is 0 Å². The van der Waals surface area contributed by atoms with Crippen LogP contribution in [0.2, 0.25) is 0 Å². The molecule has 0 bridgehead atoms. The van der Waals surface area contributed by atoms with Crippen LogP contribution in [0, 0.1) is 5.82 Å². The van der Waals surface area contributed by atoms with Crippen molar-refractivity contribution < 1.29 is 12.8 Å². The van der Waals surface area contributed by atoms with Gasteiger partial charge in [0.1, 0.15) is 5.82 Å². The van der Waals surface area contributed by atoms with E-state index in [0.29, 0.717) is 19.4 Å². The van der Waals surface area contributed by atoms with E-state index in [1.165, 1.54) is 18.2 Å². The van der Waals surface area contributed by atoms with Crippen LogP contribution >= 0.6 is 0 Å². The summed E-state index contributed by atoms with van der Waals surface area (Å²) >= 11 is 0. The van der Waals surface area contributed by atoms with Crippen molar-refractivity contribution in [2.24, 2.45) is 5.73 Å². The highest BCUT2D eigenvalue weighted by molar-refractivity contribution is 7.89. The molecule has 3 N–H and O–H groups in total. The van der Waals surface area contributed by atoms with E-state index in [1.807, 2.05) is 6.92 Å². The van der Waals surface area contributed by atoms with Gasteiger partial charge in [-0.3, -0.25) is 0 Å². The maximum atomic E-state index is 13.0. The fourth-order valence-corrected chi connectivity index (χ4v) is 2.85. The molecule has 0 aliphatic heterocycles. The van der Waals surface area contributed by atoms with Gasteiger partial charge in [-0.25, -0.2) is 17.5 Å². The molecule has 0 saturated heterocycles. The highest BCUT2D eigenvalue weighted by Crippen LogP contribution is 2.12. The molecule has 6 heteroatoms. The van der Waals surface area contributed by atoms with E-state index in [4.69, 9.17) is 5.73 Å². The Bertz CT molecular complexity index is 462. The zero-order valence-electron chi connectivity index (χ0n) is 9.69. The summed E-state index contributed by atoms with van der Waals surface area (Å²) in [5.74, 6) is -0.570. The van der Waals surface area contributed by atoms with Crippen LogP contribution < -0.4 is 10.5 Å². The Balaban J connectivity index is 2.88. The molecule has 96 valence electrons.